The lowest BCUT2D eigenvalue weighted by Gasteiger charge is -2.04. The molecule has 0 aliphatic rings. The average Bonchev–Trinajstić information content (AvgIpc) is 2.29. The number of H-pyrrole nitrogens is 1. The Bertz CT molecular complexity index is 613. The molecule has 0 aliphatic carbocycles. The van der Waals surface area contributed by atoms with Crippen LogP contribution in [0, 0.1) is 5.82 Å². The summed E-state index contributed by atoms with van der Waals surface area (Å²) in [6, 6.07) is 3.78. The number of halogens is 2. The third-order valence-corrected chi connectivity index (χ3v) is 2.54. The predicted octanol–water partition coefficient (Wildman–Crippen LogP) is 1.72. The number of nitrogens with one attached hydrogen (secondary N) is 1. The average molecular weight is 255 g/mol. The van der Waals surface area contributed by atoms with Gasteiger partial charge in [0.15, 0.2) is 0 Å². The number of hydrogen-bond donors (Lipinski definition) is 2. The highest BCUT2D eigenvalue weighted by atomic mass is 35.5. The number of benzene rings is 1. The van der Waals surface area contributed by atoms with Crippen LogP contribution in [-0.2, 0) is 6.61 Å². The summed E-state index contributed by atoms with van der Waals surface area (Å²) in [6.45, 7) is -0.389. The predicted molar refractivity (Wildman–Crippen MR) is 61.2 cm³/mol. The third kappa shape index (κ3) is 2.35. The van der Waals surface area contributed by atoms with Crippen LogP contribution >= 0.6 is 11.6 Å². The molecule has 4 nitrogen and oxygen atoms in total. The minimum absolute atomic E-state index is 0.157. The van der Waals surface area contributed by atoms with Crippen molar-refractivity contribution in [3.8, 4) is 11.4 Å². The van der Waals surface area contributed by atoms with E-state index in [2.05, 4.69) is 9.97 Å². The Labute approximate surface area is 101 Å². The van der Waals surface area contributed by atoms with Gasteiger partial charge in [0.25, 0.3) is 5.56 Å². The number of aliphatic hydroxyl groups excluding tert-OH is 1. The largest absolute Gasteiger partial charge is 0.391 e. The van der Waals surface area contributed by atoms with Crippen LogP contribution in [0.4, 0.5) is 4.39 Å². The number of aliphatic hydroxyl groups is 1. The van der Waals surface area contributed by atoms with E-state index in [1.807, 2.05) is 0 Å². The summed E-state index contributed by atoms with van der Waals surface area (Å²) in [7, 11) is 0. The fraction of sp³-hybridized carbons (Fsp3) is 0.0909. The molecule has 0 fully saturated rings. The van der Waals surface area contributed by atoms with Gasteiger partial charge in [0.2, 0.25) is 0 Å². The van der Waals surface area contributed by atoms with Crippen molar-refractivity contribution in [3.05, 3.63) is 51.2 Å². The molecule has 2 aromatic rings. The van der Waals surface area contributed by atoms with Gasteiger partial charge in [-0.3, -0.25) is 4.79 Å². The summed E-state index contributed by atoms with van der Waals surface area (Å²) in [5.74, 6) is -0.231. The van der Waals surface area contributed by atoms with Crippen LogP contribution < -0.4 is 5.56 Å². The van der Waals surface area contributed by atoms with Gasteiger partial charge < -0.3 is 10.1 Å². The first-order valence-corrected chi connectivity index (χ1v) is 5.14. The molecular formula is C11H8ClFN2O2. The van der Waals surface area contributed by atoms with Gasteiger partial charge >= 0.3 is 0 Å². The van der Waals surface area contributed by atoms with Crippen LogP contribution in [-0.4, -0.2) is 15.1 Å². The van der Waals surface area contributed by atoms with Crippen LogP contribution in [0.1, 0.15) is 5.56 Å². The van der Waals surface area contributed by atoms with Crippen molar-refractivity contribution in [1.29, 1.82) is 0 Å². The Balaban J connectivity index is 2.54. The second-order valence-corrected chi connectivity index (χ2v) is 3.78. The molecule has 0 aliphatic heterocycles. The van der Waals surface area contributed by atoms with E-state index in [0.717, 1.165) is 6.07 Å². The van der Waals surface area contributed by atoms with Gasteiger partial charge in [-0.25, -0.2) is 9.37 Å². The Hall–Kier alpha value is -1.72. The summed E-state index contributed by atoms with van der Waals surface area (Å²) in [5, 5.41) is 8.99. The van der Waals surface area contributed by atoms with Crippen molar-refractivity contribution in [3.63, 3.8) is 0 Å². The second-order valence-electron chi connectivity index (χ2n) is 3.37. The van der Waals surface area contributed by atoms with E-state index in [-0.39, 0.29) is 23.0 Å². The highest BCUT2D eigenvalue weighted by molar-refractivity contribution is 6.33. The molecule has 0 atom stereocenters. The Morgan fingerprint density at radius 3 is 2.82 bits per heavy atom. The topological polar surface area (TPSA) is 66.0 Å². The van der Waals surface area contributed by atoms with Crippen molar-refractivity contribution in [2.75, 3.05) is 0 Å². The summed E-state index contributed by atoms with van der Waals surface area (Å²) in [6.07, 6.45) is 1.26. The van der Waals surface area contributed by atoms with E-state index >= 15 is 0 Å². The molecule has 0 radical (unpaired) electrons. The number of nitrogens with zero attached hydrogens (tertiary/aromatic N) is 1. The minimum atomic E-state index is -0.465. The minimum Gasteiger partial charge on any atom is -0.391 e. The third-order valence-electron chi connectivity index (χ3n) is 2.23. The van der Waals surface area contributed by atoms with Crippen LogP contribution in [0.2, 0.25) is 5.02 Å². The molecule has 0 amide bonds. The van der Waals surface area contributed by atoms with Gasteiger partial charge in [0, 0.05) is 11.8 Å². The van der Waals surface area contributed by atoms with Gasteiger partial charge in [-0.2, -0.15) is 0 Å². The van der Waals surface area contributed by atoms with E-state index < -0.39 is 11.4 Å². The van der Waals surface area contributed by atoms with Gasteiger partial charge in [-0.15, -0.1) is 0 Å². The Morgan fingerprint density at radius 2 is 2.24 bits per heavy atom. The fourth-order valence-electron chi connectivity index (χ4n) is 1.35. The molecular weight excluding hydrogens is 247 g/mol. The molecule has 1 aromatic carbocycles. The first kappa shape index (κ1) is 11.8. The molecule has 2 N–H and O–H groups in total. The van der Waals surface area contributed by atoms with Crippen molar-refractivity contribution in [1.82, 2.24) is 9.97 Å². The van der Waals surface area contributed by atoms with Crippen molar-refractivity contribution in [2.45, 2.75) is 6.61 Å². The lowest BCUT2D eigenvalue weighted by molar-refractivity contribution is 0.279. The standard InChI is InChI=1S/C11H8ClFN2O2/c12-9-3-7(13)1-2-8(9)10-14-4-6(5-16)11(17)15-10/h1-4,16H,5H2,(H,14,15,17). The normalized spacial score (nSPS) is 10.5. The molecule has 1 heterocycles. The van der Waals surface area contributed by atoms with Crippen LogP contribution in [0.25, 0.3) is 11.4 Å². The van der Waals surface area contributed by atoms with Crippen LogP contribution in [0.5, 0.6) is 0 Å². The molecule has 0 spiro atoms. The number of aromatic nitrogens is 2. The molecule has 0 saturated carbocycles. The Morgan fingerprint density at radius 1 is 1.47 bits per heavy atom. The smallest absolute Gasteiger partial charge is 0.256 e. The SMILES string of the molecule is O=c1[nH]c(-c2ccc(F)cc2Cl)ncc1CO. The summed E-state index contributed by atoms with van der Waals surface area (Å²) >= 11 is 5.84. The fourth-order valence-corrected chi connectivity index (χ4v) is 1.61. The quantitative estimate of drug-likeness (QED) is 0.858. The zero-order valence-electron chi connectivity index (χ0n) is 8.58. The van der Waals surface area contributed by atoms with Gasteiger partial charge in [0.05, 0.1) is 17.2 Å². The number of aromatic amines is 1. The molecule has 88 valence electrons. The van der Waals surface area contributed by atoms with Crippen LogP contribution in [0.15, 0.2) is 29.2 Å². The van der Waals surface area contributed by atoms with Crippen molar-refractivity contribution < 1.29 is 9.50 Å². The van der Waals surface area contributed by atoms with E-state index in [0.29, 0.717) is 5.56 Å². The molecule has 1 aromatic heterocycles. The Kier molecular flexibility index (Phi) is 3.21. The van der Waals surface area contributed by atoms with Gasteiger partial charge in [-0.1, -0.05) is 11.6 Å². The maximum atomic E-state index is 12.9. The second kappa shape index (κ2) is 4.65. The molecule has 17 heavy (non-hydrogen) atoms. The first-order valence-electron chi connectivity index (χ1n) is 4.76. The van der Waals surface area contributed by atoms with Gasteiger partial charge in [0.1, 0.15) is 11.6 Å². The molecule has 0 unspecified atom stereocenters. The van der Waals surface area contributed by atoms with E-state index in [9.17, 15) is 9.18 Å². The lowest BCUT2D eigenvalue weighted by atomic mass is 10.2. The first-order chi connectivity index (χ1) is 8.11. The summed E-state index contributed by atoms with van der Waals surface area (Å²) in [4.78, 5) is 17.9. The number of rotatable bonds is 2. The van der Waals surface area contributed by atoms with E-state index in [1.54, 1.807) is 0 Å². The zero-order valence-corrected chi connectivity index (χ0v) is 9.33. The van der Waals surface area contributed by atoms with E-state index in [1.165, 1.54) is 18.3 Å². The maximum absolute atomic E-state index is 12.9. The zero-order chi connectivity index (χ0) is 12.4. The van der Waals surface area contributed by atoms with Gasteiger partial charge in [-0.05, 0) is 18.2 Å². The summed E-state index contributed by atoms with van der Waals surface area (Å²) in [5.41, 5.74) is 0.138. The maximum Gasteiger partial charge on any atom is 0.256 e. The molecule has 0 bridgehead atoms. The van der Waals surface area contributed by atoms with Crippen molar-refractivity contribution >= 4 is 11.6 Å². The molecule has 0 saturated heterocycles. The lowest BCUT2D eigenvalue weighted by Crippen LogP contribution is -2.14. The van der Waals surface area contributed by atoms with Crippen molar-refractivity contribution in [2.24, 2.45) is 0 Å². The summed E-state index contributed by atoms with van der Waals surface area (Å²) < 4.78 is 12.9. The molecule has 6 heteroatoms. The van der Waals surface area contributed by atoms with Crippen LogP contribution in [0.3, 0.4) is 0 Å². The number of hydrogen-bond acceptors (Lipinski definition) is 3. The highest BCUT2D eigenvalue weighted by Crippen LogP contribution is 2.24. The highest BCUT2D eigenvalue weighted by Gasteiger charge is 2.08. The van der Waals surface area contributed by atoms with E-state index in [4.69, 9.17) is 16.7 Å². The molecule has 2 rings (SSSR count). The monoisotopic (exact) mass is 254 g/mol.